The number of nitrogens with one attached hydrogen (secondary N) is 1. The van der Waals surface area contributed by atoms with E-state index in [0.29, 0.717) is 0 Å². The monoisotopic (exact) mass is 217 g/mol. The van der Waals surface area contributed by atoms with Crippen LogP contribution in [0, 0.1) is 0 Å². The number of aliphatic hydroxyl groups excluding tert-OH is 1. The van der Waals surface area contributed by atoms with Gasteiger partial charge in [-0.2, -0.15) is 0 Å². The molecule has 88 valence electrons. The summed E-state index contributed by atoms with van der Waals surface area (Å²) in [5.41, 5.74) is -2.16. The number of rotatable bonds is 5. The van der Waals surface area contributed by atoms with Gasteiger partial charge in [-0.1, -0.05) is 12.8 Å². The van der Waals surface area contributed by atoms with Crippen LogP contribution in [0.1, 0.15) is 32.6 Å². The Hall–Kier alpha value is -0.650. The molecule has 0 saturated heterocycles. The van der Waals surface area contributed by atoms with Crippen LogP contribution in [-0.2, 0) is 4.79 Å². The van der Waals surface area contributed by atoms with E-state index in [2.05, 4.69) is 5.32 Å². The Morgan fingerprint density at radius 2 is 2.00 bits per heavy atom. The number of β-amino-alcohol motifs (C(OH)–C–C–N with tert-alkyl or cyclic N) is 1. The maximum absolute atomic E-state index is 10.7. The smallest absolute Gasteiger partial charge is 0.336 e. The molecule has 0 aliphatic heterocycles. The van der Waals surface area contributed by atoms with Crippen LogP contribution in [0.5, 0.6) is 0 Å². The highest BCUT2D eigenvalue weighted by molar-refractivity contribution is 5.76. The third-order valence-corrected chi connectivity index (χ3v) is 3.13. The first-order valence-corrected chi connectivity index (χ1v) is 5.24. The van der Waals surface area contributed by atoms with Crippen LogP contribution in [0.25, 0.3) is 0 Å². The van der Waals surface area contributed by atoms with Crippen molar-refractivity contribution in [1.82, 2.24) is 5.32 Å². The first kappa shape index (κ1) is 12.4. The van der Waals surface area contributed by atoms with Crippen LogP contribution in [0.2, 0.25) is 0 Å². The predicted octanol–water partition coefficient (Wildman–Crippen LogP) is -0.283. The molecule has 1 fully saturated rings. The van der Waals surface area contributed by atoms with Gasteiger partial charge in [0.15, 0.2) is 5.60 Å². The van der Waals surface area contributed by atoms with Crippen LogP contribution < -0.4 is 5.32 Å². The molecule has 0 aromatic carbocycles. The van der Waals surface area contributed by atoms with Gasteiger partial charge in [0.1, 0.15) is 0 Å². The summed E-state index contributed by atoms with van der Waals surface area (Å²) in [5.74, 6) is -1.25. The van der Waals surface area contributed by atoms with E-state index in [1.165, 1.54) is 6.92 Å². The topological polar surface area (TPSA) is 89.8 Å². The summed E-state index contributed by atoms with van der Waals surface area (Å²) < 4.78 is 0. The molecule has 1 unspecified atom stereocenters. The third kappa shape index (κ3) is 2.90. The molecule has 0 aromatic heterocycles. The zero-order chi connectivity index (χ0) is 11.5. The van der Waals surface area contributed by atoms with Gasteiger partial charge in [0, 0.05) is 12.1 Å². The van der Waals surface area contributed by atoms with Crippen molar-refractivity contribution < 1.29 is 20.1 Å². The number of aliphatic carboxylic acids is 1. The number of hydrogen-bond donors (Lipinski definition) is 4. The number of hydrogen-bond acceptors (Lipinski definition) is 4. The molecule has 4 N–H and O–H groups in total. The van der Waals surface area contributed by atoms with E-state index in [0.717, 1.165) is 25.7 Å². The maximum atomic E-state index is 10.7. The minimum atomic E-state index is -1.77. The highest BCUT2D eigenvalue weighted by Gasteiger charge is 2.37. The summed E-state index contributed by atoms with van der Waals surface area (Å²) >= 11 is 0. The second-order valence-corrected chi connectivity index (χ2v) is 4.58. The van der Waals surface area contributed by atoms with Crippen molar-refractivity contribution in [1.29, 1.82) is 0 Å². The molecular formula is C10H19NO4. The molecule has 1 saturated carbocycles. The van der Waals surface area contributed by atoms with Crippen LogP contribution in [0.3, 0.4) is 0 Å². The van der Waals surface area contributed by atoms with Gasteiger partial charge in [0.05, 0.1) is 6.61 Å². The zero-order valence-electron chi connectivity index (χ0n) is 8.99. The van der Waals surface area contributed by atoms with E-state index in [9.17, 15) is 15.0 Å². The molecule has 15 heavy (non-hydrogen) atoms. The number of carboxylic acid groups (broad SMARTS) is 1. The second-order valence-electron chi connectivity index (χ2n) is 4.58. The number of aliphatic hydroxyl groups is 2. The van der Waals surface area contributed by atoms with E-state index >= 15 is 0 Å². The highest BCUT2D eigenvalue weighted by Crippen LogP contribution is 2.29. The van der Waals surface area contributed by atoms with Crippen LogP contribution >= 0.6 is 0 Å². The average Bonchev–Trinajstić information content (AvgIpc) is 2.64. The van der Waals surface area contributed by atoms with E-state index in [-0.39, 0.29) is 18.7 Å². The fourth-order valence-electron chi connectivity index (χ4n) is 1.88. The quantitative estimate of drug-likeness (QED) is 0.508. The Balaban J connectivity index is 2.51. The molecule has 1 atom stereocenters. The molecule has 1 rings (SSSR count). The van der Waals surface area contributed by atoms with Crippen molar-refractivity contribution in [3.63, 3.8) is 0 Å². The van der Waals surface area contributed by atoms with E-state index in [1.54, 1.807) is 0 Å². The van der Waals surface area contributed by atoms with Gasteiger partial charge in [-0.15, -0.1) is 0 Å². The minimum Gasteiger partial charge on any atom is -0.479 e. The van der Waals surface area contributed by atoms with Gasteiger partial charge in [0.2, 0.25) is 0 Å². The SMILES string of the molecule is CC(O)(CNC1(CO)CCCC1)C(=O)O. The van der Waals surface area contributed by atoms with Crippen molar-refractivity contribution in [3.05, 3.63) is 0 Å². The summed E-state index contributed by atoms with van der Waals surface area (Å²) in [6, 6.07) is 0. The third-order valence-electron chi connectivity index (χ3n) is 3.13. The van der Waals surface area contributed by atoms with Gasteiger partial charge < -0.3 is 20.6 Å². The molecular weight excluding hydrogens is 198 g/mol. The molecule has 1 aliphatic rings. The lowest BCUT2D eigenvalue weighted by Gasteiger charge is -2.31. The largest absolute Gasteiger partial charge is 0.479 e. The van der Waals surface area contributed by atoms with Crippen molar-refractivity contribution in [2.75, 3.05) is 13.2 Å². The first-order valence-electron chi connectivity index (χ1n) is 5.24. The van der Waals surface area contributed by atoms with E-state index in [4.69, 9.17) is 5.11 Å². The lowest BCUT2D eigenvalue weighted by Crippen LogP contribution is -2.54. The molecule has 0 spiro atoms. The Labute approximate surface area is 89.1 Å². The van der Waals surface area contributed by atoms with Crippen LogP contribution in [-0.4, -0.2) is 45.6 Å². The Morgan fingerprint density at radius 3 is 2.40 bits per heavy atom. The molecule has 0 amide bonds. The Kier molecular flexibility index (Phi) is 3.70. The minimum absolute atomic E-state index is 0.0112. The predicted molar refractivity (Wildman–Crippen MR) is 54.5 cm³/mol. The van der Waals surface area contributed by atoms with Gasteiger partial charge in [-0.05, 0) is 19.8 Å². The van der Waals surface area contributed by atoms with Crippen molar-refractivity contribution in [3.8, 4) is 0 Å². The van der Waals surface area contributed by atoms with Gasteiger partial charge in [-0.3, -0.25) is 0 Å². The molecule has 1 aliphatic carbocycles. The normalized spacial score (nSPS) is 23.7. The number of carboxylic acids is 1. The van der Waals surface area contributed by atoms with Crippen LogP contribution in [0.4, 0.5) is 0 Å². The fourth-order valence-corrected chi connectivity index (χ4v) is 1.88. The molecule has 0 aromatic rings. The Morgan fingerprint density at radius 1 is 1.47 bits per heavy atom. The molecule has 0 radical (unpaired) electrons. The van der Waals surface area contributed by atoms with E-state index in [1.807, 2.05) is 0 Å². The standard InChI is InChI=1S/C10H19NO4/c1-9(15,8(13)14)6-11-10(7-12)4-2-3-5-10/h11-12,15H,2-7H2,1H3,(H,13,14). The number of carbonyl (C=O) groups is 1. The summed E-state index contributed by atoms with van der Waals surface area (Å²) in [6.07, 6.45) is 3.73. The van der Waals surface area contributed by atoms with Crippen molar-refractivity contribution in [2.24, 2.45) is 0 Å². The first-order chi connectivity index (χ1) is 6.92. The summed E-state index contributed by atoms with van der Waals surface area (Å²) in [6.45, 7) is 1.20. The average molecular weight is 217 g/mol. The summed E-state index contributed by atoms with van der Waals surface area (Å²) in [4.78, 5) is 10.7. The highest BCUT2D eigenvalue weighted by atomic mass is 16.4. The van der Waals surface area contributed by atoms with Gasteiger partial charge in [0.25, 0.3) is 0 Å². The molecule has 5 heteroatoms. The molecule has 0 bridgehead atoms. The maximum Gasteiger partial charge on any atom is 0.336 e. The van der Waals surface area contributed by atoms with Crippen molar-refractivity contribution in [2.45, 2.75) is 43.7 Å². The lowest BCUT2D eigenvalue weighted by molar-refractivity contribution is -0.156. The molecule has 0 heterocycles. The van der Waals surface area contributed by atoms with Crippen LogP contribution in [0.15, 0.2) is 0 Å². The summed E-state index contributed by atoms with van der Waals surface area (Å²) in [7, 11) is 0. The van der Waals surface area contributed by atoms with Gasteiger partial charge >= 0.3 is 5.97 Å². The zero-order valence-corrected chi connectivity index (χ0v) is 8.99. The van der Waals surface area contributed by atoms with E-state index < -0.39 is 11.6 Å². The second kappa shape index (κ2) is 4.47. The molecule has 5 nitrogen and oxygen atoms in total. The summed E-state index contributed by atoms with van der Waals surface area (Å²) in [5, 5.41) is 30.5. The Bertz CT molecular complexity index is 234. The lowest BCUT2D eigenvalue weighted by atomic mass is 9.97. The fraction of sp³-hybridized carbons (Fsp3) is 0.900. The van der Waals surface area contributed by atoms with Gasteiger partial charge in [-0.25, -0.2) is 4.79 Å². The van der Waals surface area contributed by atoms with Crippen molar-refractivity contribution >= 4 is 5.97 Å².